The molecule has 1 N–H and O–H groups in total. The number of ether oxygens (including phenoxy) is 2. The lowest BCUT2D eigenvalue weighted by Gasteiger charge is -2.35. The lowest BCUT2D eigenvalue weighted by atomic mass is 9.82. The van der Waals surface area contributed by atoms with E-state index in [2.05, 4.69) is 18.8 Å². The third-order valence-electron chi connectivity index (χ3n) is 5.41. The van der Waals surface area contributed by atoms with Crippen LogP contribution in [0, 0.1) is 29.1 Å². The topological polar surface area (TPSA) is 76.1 Å². The van der Waals surface area contributed by atoms with Crippen LogP contribution >= 0.6 is 11.3 Å². The van der Waals surface area contributed by atoms with Gasteiger partial charge in [0, 0.05) is 25.6 Å². The van der Waals surface area contributed by atoms with Gasteiger partial charge in [-0.25, -0.2) is 4.79 Å². The Hall–Kier alpha value is -1.88. The summed E-state index contributed by atoms with van der Waals surface area (Å²) < 4.78 is 10.7. The van der Waals surface area contributed by atoms with Crippen LogP contribution in [0.15, 0.2) is 6.07 Å². The third kappa shape index (κ3) is 7.06. The average molecular weight is 450 g/mol. The van der Waals surface area contributed by atoms with E-state index in [1.807, 2.05) is 20.8 Å². The van der Waals surface area contributed by atoms with E-state index in [1.54, 1.807) is 25.2 Å². The molecular formula is C24H35NO5S. The molecule has 0 aliphatic heterocycles. The SMILES string of the molecule is COCC(COC)N(c1cc(C#CC(C)(C)C)sc1C(=O)O)C(=O)[C@H]1CC[C@H](C)CC1. The van der Waals surface area contributed by atoms with Crippen LogP contribution in [-0.4, -0.2) is 50.5 Å². The molecule has 1 aromatic heterocycles. The maximum absolute atomic E-state index is 13.7. The Balaban J connectivity index is 2.53. The van der Waals surface area contributed by atoms with Gasteiger partial charge < -0.3 is 19.5 Å². The fourth-order valence-corrected chi connectivity index (χ4v) is 4.65. The molecule has 1 aliphatic rings. The number of carbonyl (C=O) groups excluding carboxylic acids is 1. The van der Waals surface area contributed by atoms with E-state index in [0.717, 1.165) is 37.0 Å². The maximum Gasteiger partial charge on any atom is 0.348 e. The molecular weight excluding hydrogens is 414 g/mol. The van der Waals surface area contributed by atoms with Gasteiger partial charge in [-0.05, 0) is 58.4 Å². The molecule has 7 heteroatoms. The van der Waals surface area contributed by atoms with Crippen LogP contribution in [0.5, 0.6) is 0 Å². The van der Waals surface area contributed by atoms with Crippen LogP contribution in [0.1, 0.15) is 67.9 Å². The summed E-state index contributed by atoms with van der Waals surface area (Å²) in [6, 6.07) is 1.31. The molecule has 0 aromatic carbocycles. The molecule has 31 heavy (non-hydrogen) atoms. The highest BCUT2D eigenvalue weighted by atomic mass is 32.1. The Morgan fingerprint density at radius 2 is 1.77 bits per heavy atom. The highest BCUT2D eigenvalue weighted by Gasteiger charge is 2.36. The summed E-state index contributed by atoms with van der Waals surface area (Å²) in [6.07, 6.45) is 3.63. The normalized spacial score (nSPS) is 19.1. The number of carboxylic acids is 1. The molecule has 0 atom stereocenters. The molecule has 0 saturated heterocycles. The van der Waals surface area contributed by atoms with E-state index in [-0.39, 0.29) is 35.3 Å². The van der Waals surface area contributed by atoms with Gasteiger partial charge in [0.25, 0.3) is 0 Å². The number of carbonyl (C=O) groups is 2. The van der Waals surface area contributed by atoms with E-state index in [9.17, 15) is 14.7 Å². The van der Waals surface area contributed by atoms with Crippen molar-refractivity contribution in [3.8, 4) is 11.8 Å². The molecule has 2 rings (SSSR count). The molecule has 0 radical (unpaired) electrons. The Bertz CT molecular complexity index is 815. The first-order valence-electron chi connectivity index (χ1n) is 10.8. The summed E-state index contributed by atoms with van der Waals surface area (Å²) in [5.41, 5.74) is 0.176. The molecule has 172 valence electrons. The predicted molar refractivity (Wildman–Crippen MR) is 124 cm³/mol. The minimum atomic E-state index is -1.06. The van der Waals surface area contributed by atoms with Crippen molar-refractivity contribution < 1.29 is 24.2 Å². The van der Waals surface area contributed by atoms with Gasteiger partial charge in [0.05, 0.1) is 29.8 Å². The quantitative estimate of drug-likeness (QED) is 0.584. The lowest BCUT2D eigenvalue weighted by Crippen LogP contribution is -2.49. The molecule has 1 fully saturated rings. The number of rotatable bonds is 8. The molecule has 0 bridgehead atoms. The fourth-order valence-electron chi connectivity index (χ4n) is 3.81. The number of amides is 1. The van der Waals surface area contributed by atoms with Gasteiger partial charge in [-0.1, -0.05) is 18.8 Å². The molecule has 6 nitrogen and oxygen atoms in total. The van der Waals surface area contributed by atoms with Crippen molar-refractivity contribution in [1.82, 2.24) is 0 Å². The Morgan fingerprint density at radius 1 is 1.19 bits per heavy atom. The minimum absolute atomic E-state index is 0.0540. The Kier molecular flexibility index (Phi) is 9.11. The summed E-state index contributed by atoms with van der Waals surface area (Å²) in [7, 11) is 3.14. The van der Waals surface area contributed by atoms with Gasteiger partial charge in [-0.3, -0.25) is 4.79 Å². The van der Waals surface area contributed by atoms with Crippen molar-refractivity contribution in [1.29, 1.82) is 0 Å². The van der Waals surface area contributed by atoms with Crippen LogP contribution < -0.4 is 4.90 Å². The average Bonchev–Trinajstić information content (AvgIpc) is 3.11. The van der Waals surface area contributed by atoms with Crippen molar-refractivity contribution in [2.45, 2.75) is 59.4 Å². The smallest absolute Gasteiger partial charge is 0.348 e. The summed E-state index contributed by atoms with van der Waals surface area (Å²) >= 11 is 1.11. The number of methoxy groups -OCH3 is 2. The summed E-state index contributed by atoms with van der Waals surface area (Å²) in [6.45, 7) is 8.71. The van der Waals surface area contributed by atoms with Crippen LogP contribution in [0.2, 0.25) is 0 Å². The predicted octanol–water partition coefficient (Wildman–Crippen LogP) is 4.66. The van der Waals surface area contributed by atoms with E-state index in [1.165, 1.54) is 0 Å². The zero-order valence-electron chi connectivity index (χ0n) is 19.5. The van der Waals surface area contributed by atoms with E-state index >= 15 is 0 Å². The summed E-state index contributed by atoms with van der Waals surface area (Å²) in [5, 5.41) is 9.89. The van der Waals surface area contributed by atoms with Gasteiger partial charge in [0.1, 0.15) is 4.88 Å². The first kappa shape index (κ1) is 25.4. The third-order valence-corrected chi connectivity index (χ3v) is 6.44. The number of nitrogens with zero attached hydrogens (tertiary/aromatic N) is 1. The van der Waals surface area contributed by atoms with Crippen molar-refractivity contribution in [3.05, 3.63) is 15.8 Å². The van der Waals surface area contributed by atoms with Gasteiger partial charge in [-0.2, -0.15) is 0 Å². The van der Waals surface area contributed by atoms with Crippen LogP contribution in [-0.2, 0) is 14.3 Å². The number of carboxylic acid groups (broad SMARTS) is 1. The van der Waals surface area contributed by atoms with E-state index < -0.39 is 12.0 Å². The van der Waals surface area contributed by atoms with Crippen LogP contribution in [0.25, 0.3) is 0 Å². The first-order chi connectivity index (χ1) is 14.6. The largest absolute Gasteiger partial charge is 0.477 e. The molecule has 1 saturated carbocycles. The van der Waals surface area contributed by atoms with Gasteiger partial charge >= 0.3 is 5.97 Å². The lowest BCUT2D eigenvalue weighted by molar-refractivity contribution is -0.124. The number of aromatic carboxylic acids is 1. The first-order valence-corrected chi connectivity index (χ1v) is 11.6. The van der Waals surface area contributed by atoms with Gasteiger partial charge in [0.2, 0.25) is 5.91 Å². The van der Waals surface area contributed by atoms with E-state index in [4.69, 9.17) is 9.47 Å². The maximum atomic E-state index is 13.7. The Labute approximate surface area is 189 Å². The van der Waals surface area contributed by atoms with Crippen LogP contribution in [0.4, 0.5) is 5.69 Å². The zero-order chi connectivity index (χ0) is 23.2. The van der Waals surface area contributed by atoms with Crippen molar-refractivity contribution >= 4 is 28.9 Å². The van der Waals surface area contributed by atoms with Crippen molar-refractivity contribution in [3.63, 3.8) is 0 Å². The fraction of sp³-hybridized carbons (Fsp3) is 0.667. The van der Waals surface area contributed by atoms with Crippen molar-refractivity contribution in [2.24, 2.45) is 17.3 Å². The second-order valence-corrected chi connectivity index (χ2v) is 10.4. The summed E-state index contributed by atoms with van der Waals surface area (Å²) in [5.74, 6) is 5.60. The molecule has 1 amide bonds. The zero-order valence-corrected chi connectivity index (χ0v) is 20.3. The molecule has 1 aromatic rings. The highest BCUT2D eigenvalue weighted by Crippen LogP contribution is 2.36. The van der Waals surface area contributed by atoms with E-state index in [0.29, 0.717) is 16.5 Å². The van der Waals surface area contributed by atoms with Gasteiger partial charge in [-0.15, -0.1) is 11.3 Å². The van der Waals surface area contributed by atoms with Crippen molar-refractivity contribution in [2.75, 3.05) is 32.3 Å². The highest BCUT2D eigenvalue weighted by molar-refractivity contribution is 7.15. The molecule has 1 heterocycles. The molecule has 1 aliphatic carbocycles. The van der Waals surface area contributed by atoms with Crippen LogP contribution in [0.3, 0.4) is 0 Å². The standard InChI is InChI=1S/C24H35NO5S/c1-16-7-9-17(10-8-16)22(26)25(18(14-29-5)15-30-6)20-13-19(11-12-24(2,3)4)31-21(20)23(27)28/h13,16-18H,7-10,14-15H2,1-6H3,(H,27,28)/t16-,17-. The number of hydrogen-bond acceptors (Lipinski definition) is 5. The second-order valence-electron chi connectivity index (χ2n) is 9.36. The Morgan fingerprint density at radius 3 is 2.26 bits per heavy atom. The molecule has 0 spiro atoms. The second kappa shape index (κ2) is 11.1. The number of thiophene rings is 1. The van der Waals surface area contributed by atoms with Gasteiger partial charge in [0.15, 0.2) is 0 Å². The number of hydrogen-bond donors (Lipinski definition) is 1. The molecule has 0 unspecified atom stereocenters. The monoisotopic (exact) mass is 449 g/mol. The minimum Gasteiger partial charge on any atom is -0.477 e. The number of anilines is 1. The summed E-state index contributed by atoms with van der Waals surface area (Å²) in [4.78, 5) is 28.1.